The molecule has 0 bridgehead atoms. The quantitative estimate of drug-likeness (QED) is 0.251. The first-order valence-electron chi connectivity index (χ1n) is 12.3. The minimum atomic E-state index is -3.67. The van der Waals surface area contributed by atoms with Gasteiger partial charge in [0.05, 0.1) is 6.26 Å². The molecule has 2 aliphatic rings. The molecule has 4 amide bonds. The normalized spacial score (nSPS) is 14.1. The van der Waals surface area contributed by atoms with Crippen LogP contribution in [-0.4, -0.2) is 60.7 Å². The van der Waals surface area contributed by atoms with Crippen LogP contribution in [-0.2, 0) is 38.9 Å². The van der Waals surface area contributed by atoms with E-state index < -0.39 is 34.0 Å². The lowest BCUT2D eigenvalue weighted by atomic mass is 9.97. The molecule has 2 aromatic rings. The molecule has 1 aliphatic heterocycles. The first kappa shape index (κ1) is 30.2. The van der Waals surface area contributed by atoms with Gasteiger partial charge in [-0.15, -0.1) is 0 Å². The molecular weight excluding hydrogens is 546 g/mol. The van der Waals surface area contributed by atoms with Gasteiger partial charge in [0.25, 0.3) is 21.9 Å². The van der Waals surface area contributed by atoms with Gasteiger partial charge >= 0.3 is 6.16 Å². The van der Waals surface area contributed by atoms with Crippen LogP contribution >= 0.6 is 0 Å². The standard InChI is InChI=1S/C25H25N3O7.CH4O3S/c1-3-21(29)26-14-5-7-16-17-8-6-15(27-22(30)4-2)12-19(17)20(18(16)11-14)13-34-25(33)35-28-23(31)9-10-24(28)32;1-5(2,3)4/h5-8,11-12,20H,3-4,9-10,13H2,1-2H3,(H,26,29)(H,27,30);1H3,(H,2,3,4). The van der Waals surface area contributed by atoms with E-state index in [1.165, 1.54) is 0 Å². The first-order valence-corrected chi connectivity index (χ1v) is 14.2. The van der Waals surface area contributed by atoms with E-state index in [0.29, 0.717) is 35.5 Å². The summed E-state index contributed by atoms with van der Waals surface area (Å²) >= 11 is 0. The van der Waals surface area contributed by atoms with E-state index in [9.17, 15) is 32.4 Å². The molecule has 0 radical (unpaired) electrons. The van der Waals surface area contributed by atoms with Crippen LogP contribution in [0.1, 0.15) is 56.6 Å². The second-order valence-electron chi connectivity index (χ2n) is 8.93. The van der Waals surface area contributed by atoms with Crippen LogP contribution in [0.4, 0.5) is 16.2 Å². The second-order valence-corrected chi connectivity index (χ2v) is 10.4. The number of nitrogens with one attached hydrogen (secondary N) is 2. The molecular formula is C26H29N3O10S. The highest BCUT2D eigenvalue weighted by Gasteiger charge is 2.35. The highest BCUT2D eigenvalue weighted by molar-refractivity contribution is 7.85. The Kier molecular flexibility index (Phi) is 9.60. The largest absolute Gasteiger partial charge is 0.533 e. The molecule has 13 nitrogen and oxygen atoms in total. The minimum absolute atomic E-state index is 0.0198. The summed E-state index contributed by atoms with van der Waals surface area (Å²) in [5, 5.41) is 6.08. The van der Waals surface area contributed by atoms with E-state index in [1.807, 2.05) is 24.3 Å². The number of ether oxygens (including phenoxy) is 1. The van der Waals surface area contributed by atoms with Crippen molar-refractivity contribution in [3.63, 3.8) is 0 Å². The van der Waals surface area contributed by atoms with Crippen molar-refractivity contribution in [3.8, 4) is 11.1 Å². The number of benzene rings is 2. The summed E-state index contributed by atoms with van der Waals surface area (Å²) in [5.41, 5.74) is 4.62. The van der Waals surface area contributed by atoms with Crippen LogP contribution < -0.4 is 10.6 Å². The summed E-state index contributed by atoms with van der Waals surface area (Å²) in [6.45, 7) is 3.36. The number of carbonyl (C=O) groups excluding carboxylic acids is 5. The Morgan fingerprint density at radius 3 is 1.73 bits per heavy atom. The lowest BCUT2D eigenvalue weighted by Crippen LogP contribution is -2.32. The molecule has 1 saturated heterocycles. The fraction of sp³-hybridized carbons (Fsp3) is 0.346. The summed E-state index contributed by atoms with van der Waals surface area (Å²) in [7, 11) is -3.67. The summed E-state index contributed by atoms with van der Waals surface area (Å²) in [6.07, 6.45) is 0.151. The smallest absolute Gasteiger partial charge is 0.432 e. The zero-order valence-corrected chi connectivity index (χ0v) is 22.9. The number of hydrogen-bond acceptors (Lipinski definition) is 9. The zero-order valence-electron chi connectivity index (χ0n) is 22.1. The van der Waals surface area contributed by atoms with Crippen molar-refractivity contribution in [2.75, 3.05) is 23.5 Å². The Bertz CT molecular complexity index is 1360. The number of fused-ring (bicyclic) bond motifs is 3. The van der Waals surface area contributed by atoms with Gasteiger partial charge < -0.3 is 15.4 Å². The minimum Gasteiger partial charge on any atom is -0.432 e. The van der Waals surface area contributed by atoms with Crippen LogP contribution in [0.15, 0.2) is 36.4 Å². The second kappa shape index (κ2) is 12.7. The lowest BCUT2D eigenvalue weighted by molar-refractivity contribution is -0.177. The molecule has 0 spiro atoms. The van der Waals surface area contributed by atoms with Gasteiger partial charge in [-0.25, -0.2) is 4.79 Å². The van der Waals surface area contributed by atoms with Crippen LogP contribution in [0.25, 0.3) is 11.1 Å². The van der Waals surface area contributed by atoms with Crippen molar-refractivity contribution in [3.05, 3.63) is 47.5 Å². The van der Waals surface area contributed by atoms with Gasteiger partial charge in [0, 0.05) is 43.0 Å². The summed E-state index contributed by atoms with van der Waals surface area (Å²) in [4.78, 5) is 64.3. The Labute approximate surface area is 230 Å². The fourth-order valence-corrected chi connectivity index (χ4v) is 4.10. The van der Waals surface area contributed by atoms with E-state index in [4.69, 9.17) is 14.1 Å². The lowest BCUT2D eigenvalue weighted by Gasteiger charge is -2.17. The van der Waals surface area contributed by atoms with Gasteiger partial charge in [0.15, 0.2) is 0 Å². The van der Waals surface area contributed by atoms with Crippen molar-refractivity contribution in [1.29, 1.82) is 0 Å². The Hall–Kier alpha value is -4.30. The maximum Gasteiger partial charge on any atom is 0.533 e. The predicted molar refractivity (Wildman–Crippen MR) is 143 cm³/mol. The third-order valence-corrected chi connectivity index (χ3v) is 5.89. The van der Waals surface area contributed by atoms with Gasteiger partial charge in [-0.3, -0.25) is 28.6 Å². The van der Waals surface area contributed by atoms with Gasteiger partial charge in [0.2, 0.25) is 11.8 Å². The van der Waals surface area contributed by atoms with Crippen molar-refractivity contribution in [1.82, 2.24) is 5.06 Å². The van der Waals surface area contributed by atoms with Crippen molar-refractivity contribution in [2.24, 2.45) is 0 Å². The SMILES string of the molecule is CCC(=O)Nc1ccc2c(c1)C(COC(=O)ON1C(=O)CCC1=O)c1cc(NC(=O)CC)ccc1-2.CS(=O)(=O)O. The molecule has 1 heterocycles. The number of hydrogen-bond donors (Lipinski definition) is 3. The van der Waals surface area contributed by atoms with Crippen LogP contribution in [0.3, 0.4) is 0 Å². The van der Waals surface area contributed by atoms with E-state index in [-0.39, 0.29) is 31.3 Å². The average molecular weight is 576 g/mol. The molecule has 0 atom stereocenters. The van der Waals surface area contributed by atoms with E-state index >= 15 is 0 Å². The van der Waals surface area contributed by atoms with E-state index in [1.54, 1.807) is 26.0 Å². The number of hydroxylamine groups is 2. The summed E-state index contributed by atoms with van der Waals surface area (Å²) in [5.74, 6) is -1.91. The van der Waals surface area contributed by atoms with Crippen LogP contribution in [0.5, 0.6) is 0 Å². The van der Waals surface area contributed by atoms with Crippen molar-refractivity contribution in [2.45, 2.75) is 45.4 Å². The molecule has 4 rings (SSSR count). The van der Waals surface area contributed by atoms with Crippen LogP contribution in [0.2, 0.25) is 0 Å². The Morgan fingerprint density at radius 2 is 1.32 bits per heavy atom. The van der Waals surface area contributed by atoms with Gasteiger partial charge in [-0.2, -0.15) is 8.42 Å². The number of rotatable bonds is 7. The number of anilines is 2. The maximum atomic E-state index is 12.3. The number of amides is 4. The van der Waals surface area contributed by atoms with Crippen molar-refractivity contribution >= 4 is 51.3 Å². The summed E-state index contributed by atoms with van der Waals surface area (Å²) in [6, 6.07) is 11.0. The molecule has 0 unspecified atom stereocenters. The van der Waals surface area contributed by atoms with Gasteiger partial charge in [-0.05, 0) is 46.5 Å². The molecule has 0 saturated carbocycles. The fourth-order valence-electron chi connectivity index (χ4n) is 4.10. The van der Waals surface area contributed by atoms with Crippen molar-refractivity contribution < 1.29 is 46.5 Å². The molecule has 1 aliphatic carbocycles. The summed E-state index contributed by atoms with van der Waals surface area (Å²) < 4.78 is 31.2. The molecule has 3 N–H and O–H groups in total. The number of imide groups is 1. The highest BCUT2D eigenvalue weighted by atomic mass is 32.2. The zero-order chi connectivity index (χ0) is 29.6. The van der Waals surface area contributed by atoms with Crippen LogP contribution in [0, 0.1) is 0 Å². The first-order chi connectivity index (χ1) is 18.8. The van der Waals surface area contributed by atoms with E-state index in [0.717, 1.165) is 22.3 Å². The highest BCUT2D eigenvalue weighted by Crippen LogP contribution is 2.47. The van der Waals surface area contributed by atoms with Gasteiger partial charge in [0.1, 0.15) is 6.61 Å². The number of carbonyl (C=O) groups is 5. The number of nitrogens with zero attached hydrogens (tertiary/aromatic N) is 1. The third-order valence-electron chi connectivity index (χ3n) is 5.89. The third kappa shape index (κ3) is 7.86. The monoisotopic (exact) mass is 575 g/mol. The predicted octanol–water partition coefficient (Wildman–Crippen LogP) is 3.22. The topological polar surface area (TPSA) is 185 Å². The molecule has 14 heteroatoms. The Balaban J connectivity index is 0.000000810. The Morgan fingerprint density at radius 1 is 0.900 bits per heavy atom. The van der Waals surface area contributed by atoms with E-state index in [2.05, 4.69) is 10.6 Å². The molecule has 0 aromatic heterocycles. The molecule has 1 fully saturated rings. The molecule has 214 valence electrons. The molecule has 2 aromatic carbocycles. The maximum absolute atomic E-state index is 12.3. The average Bonchev–Trinajstić information content (AvgIpc) is 3.36. The molecule has 40 heavy (non-hydrogen) atoms. The van der Waals surface area contributed by atoms with Gasteiger partial charge in [-0.1, -0.05) is 31.0 Å².